The van der Waals surface area contributed by atoms with E-state index in [1.807, 2.05) is 25.3 Å². The van der Waals surface area contributed by atoms with Crippen molar-refractivity contribution >= 4 is 35.3 Å². The number of hydrogen-bond acceptors (Lipinski definition) is 4. The highest BCUT2D eigenvalue weighted by molar-refractivity contribution is 7.98. The lowest BCUT2D eigenvalue weighted by Gasteiger charge is -2.15. The molecule has 0 radical (unpaired) electrons. The number of halogens is 1. The number of benzene rings is 2. The first kappa shape index (κ1) is 21.2. The van der Waals surface area contributed by atoms with E-state index < -0.39 is 0 Å². The van der Waals surface area contributed by atoms with Crippen molar-refractivity contribution < 1.29 is 14.3 Å². The minimum absolute atomic E-state index is 0.0890. The number of thioether (sulfide) groups is 1. The summed E-state index contributed by atoms with van der Waals surface area (Å²) in [5, 5.41) is 0.442. The fourth-order valence-electron chi connectivity index (χ4n) is 2.52. The van der Waals surface area contributed by atoms with E-state index in [0.29, 0.717) is 29.7 Å². The Bertz CT molecular complexity index is 806. The van der Waals surface area contributed by atoms with E-state index in [2.05, 4.69) is 12.1 Å². The average Bonchev–Trinajstić information content (AvgIpc) is 2.66. The third kappa shape index (κ3) is 5.94. The number of carbonyl (C=O) groups is 1. The summed E-state index contributed by atoms with van der Waals surface area (Å²) in [4.78, 5) is 15.3. The molecule has 0 N–H and O–H groups in total. The maximum Gasteiger partial charge on any atom is 0.246 e. The lowest BCUT2D eigenvalue weighted by molar-refractivity contribution is -0.125. The number of ether oxygens (including phenoxy) is 2. The van der Waals surface area contributed by atoms with Gasteiger partial charge in [-0.2, -0.15) is 0 Å². The van der Waals surface area contributed by atoms with Gasteiger partial charge < -0.3 is 14.4 Å². The van der Waals surface area contributed by atoms with Crippen LogP contribution in [0.3, 0.4) is 0 Å². The third-order valence-electron chi connectivity index (χ3n) is 3.91. The van der Waals surface area contributed by atoms with Crippen molar-refractivity contribution in [3.05, 3.63) is 58.6 Å². The first-order valence-corrected chi connectivity index (χ1v) is 10.1. The number of rotatable bonds is 8. The van der Waals surface area contributed by atoms with E-state index in [1.54, 1.807) is 49.0 Å². The molecule has 0 spiro atoms. The van der Waals surface area contributed by atoms with Gasteiger partial charge in [0.15, 0.2) is 11.5 Å². The predicted molar refractivity (Wildman–Crippen MR) is 113 cm³/mol. The van der Waals surface area contributed by atoms with Crippen LogP contribution in [0.5, 0.6) is 11.5 Å². The monoisotopic (exact) mass is 405 g/mol. The van der Waals surface area contributed by atoms with E-state index >= 15 is 0 Å². The number of nitrogens with zero attached hydrogens (tertiary/aromatic N) is 1. The lowest BCUT2D eigenvalue weighted by Crippen LogP contribution is -2.24. The SMILES string of the molecule is CCOc1cc(C=CC(=O)N(C)Cc2ccc(SC)cc2)cc(Cl)c1OC. The molecule has 1 amide bonds. The second-order valence-corrected chi connectivity index (χ2v) is 7.13. The van der Waals surface area contributed by atoms with Crippen molar-refractivity contribution in [2.24, 2.45) is 0 Å². The summed E-state index contributed by atoms with van der Waals surface area (Å²) in [5.74, 6) is 0.962. The van der Waals surface area contributed by atoms with Crippen LogP contribution in [0, 0.1) is 0 Å². The minimum Gasteiger partial charge on any atom is -0.491 e. The Balaban J connectivity index is 2.08. The van der Waals surface area contributed by atoms with Gasteiger partial charge in [-0.05, 0) is 54.6 Å². The van der Waals surface area contributed by atoms with Crippen molar-refractivity contribution in [1.82, 2.24) is 4.90 Å². The first-order valence-electron chi connectivity index (χ1n) is 8.55. The molecule has 0 heterocycles. The number of likely N-dealkylation sites (N-methyl/N-ethyl adjacent to an activating group) is 1. The van der Waals surface area contributed by atoms with E-state index in [4.69, 9.17) is 21.1 Å². The highest BCUT2D eigenvalue weighted by Crippen LogP contribution is 2.36. The Morgan fingerprint density at radius 1 is 1.26 bits per heavy atom. The van der Waals surface area contributed by atoms with Crippen LogP contribution in [0.1, 0.15) is 18.1 Å². The number of hydrogen-bond donors (Lipinski definition) is 0. The fraction of sp³-hybridized carbons (Fsp3) is 0.286. The lowest BCUT2D eigenvalue weighted by atomic mass is 10.1. The van der Waals surface area contributed by atoms with Crippen molar-refractivity contribution in [2.75, 3.05) is 27.0 Å². The summed E-state index contributed by atoms with van der Waals surface area (Å²) in [6.45, 7) is 2.93. The quantitative estimate of drug-likeness (QED) is 0.450. The molecule has 0 aliphatic rings. The van der Waals surface area contributed by atoms with Crippen LogP contribution in [0.25, 0.3) is 6.08 Å². The van der Waals surface area contributed by atoms with E-state index in [9.17, 15) is 4.79 Å². The molecular weight excluding hydrogens is 382 g/mol. The third-order valence-corrected chi connectivity index (χ3v) is 4.93. The van der Waals surface area contributed by atoms with Crippen molar-refractivity contribution in [3.8, 4) is 11.5 Å². The van der Waals surface area contributed by atoms with Gasteiger partial charge in [0.25, 0.3) is 0 Å². The Morgan fingerprint density at radius 3 is 2.56 bits per heavy atom. The van der Waals surface area contributed by atoms with Gasteiger partial charge >= 0.3 is 0 Å². The maximum atomic E-state index is 12.4. The van der Waals surface area contributed by atoms with Crippen LogP contribution in [0.15, 0.2) is 47.4 Å². The second-order valence-electron chi connectivity index (χ2n) is 5.84. The van der Waals surface area contributed by atoms with Crippen molar-refractivity contribution in [3.63, 3.8) is 0 Å². The molecule has 0 aliphatic carbocycles. The van der Waals surface area contributed by atoms with Crippen LogP contribution in [0.2, 0.25) is 5.02 Å². The van der Waals surface area contributed by atoms with Crippen LogP contribution < -0.4 is 9.47 Å². The van der Waals surface area contributed by atoms with Gasteiger partial charge in [0.2, 0.25) is 5.91 Å². The summed E-state index contributed by atoms with van der Waals surface area (Å²) >= 11 is 7.94. The Morgan fingerprint density at radius 2 is 1.96 bits per heavy atom. The number of amides is 1. The molecule has 0 saturated carbocycles. The van der Waals surface area contributed by atoms with Gasteiger partial charge in [0, 0.05) is 24.6 Å². The highest BCUT2D eigenvalue weighted by Gasteiger charge is 2.11. The second kappa shape index (κ2) is 10.3. The van der Waals surface area contributed by atoms with Crippen molar-refractivity contribution in [2.45, 2.75) is 18.4 Å². The van der Waals surface area contributed by atoms with Gasteiger partial charge in [0.05, 0.1) is 18.7 Å². The predicted octanol–water partition coefficient (Wildman–Crippen LogP) is 5.14. The molecule has 0 aliphatic heterocycles. The summed E-state index contributed by atoms with van der Waals surface area (Å²) in [5.41, 5.74) is 1.86. The first-order chi connectivity index (χ1) is 13.0. The van der Waals surface area contributed by atoms with E-state index in [1.165, 1.54) is 11.0 Å². The normalized spacial score (nSPS) is 10.9. The summed E-state index contributed by atoms with van der Waals surface area (Å²) in [6.07, 6.45) is 5.30. The zero-order chi connectivity index (χ0) is 19.8. The molecule has 2 rings (SSSR count). The average molecular weight is 406 g/mol. The number of carbonyl (C=O) groups excluding carboxylic acids is 1. The standard InChI is InChI=1S/C21H24ClNO3S/c1-5-26-19-13-16(12-18(22)21(19)25-3)8-11-20(24)23(2)14-15-6-9-17(27-4)10-7-15/h6-13H,5,14H2,1-4H3. The molecule has 144 valence electrons. The fourth-order valence-corrected chi connectivity index (χ4v) is 3.23. The van der Waals surface area contributed by atoms with Crippen LogP contribution in [0.4, 0.5) is 0 Å². The summed E-state index contributed by atoms with van der Waals surface area (Å²) in [7, 11) is 3.32. The van der Waals surface area contributed by atoms with Crippen LogP contribution in [-0.4, -0.2) is 37.8 Å². The Kier molecular flexibility index (Phi) is 8.07. The smallest absolute Gasteiger partial charge is 0.246 e. The molecule has 0 aromatic heterocycles. The Labute approximate surface area is 170 Å². The van der Waals surface area contributed by atoms with Gasteiger partial charge in [-0.25, -0.2) is 0 Å². The van der Waals surface area contributed by atoms with Gasteiger partial charge in [-0.1, -0.05) is 23.7 Å². The van der Waals surface area contributed by atoms with E-state index in [-0.39, 0.29) is 5.91 Å². The van der Waals surface area contributed by atoms with Crippen LogP contribution >= 0.6 is 23.4 Å². The molecule has 4 nitrogen and oxygen atoms in total. The topological polar surface area (TPSA) is 38.8 Å². The molecule has 0 fully saturated rings. The molecule has 2 aromatic carbocycles. The zero-order valence-electron chi connectivity index (χ0n) is 16.0. The molecule has 0 atom stereocenters. The summed E-state index contributed by atoms with van der Waals surface area (Å²) in [6, 6.07) is 11.7. The number of methoxy groups -OCH3 is 1. The largest absolute Gasteiger partial charge is 0.491 e. The molecule has 0 saturated heterocycles. The van der Waals surface area contributed by atoms with E-state index in [0.717, 1.165) is 11.1 Å². The maximum absolute atomic E-state index is 12.4. The highest BCUT2D eigenvalue weighted by atomic mass is 35.5. The minimum atomic E-state index is -0.0890. The Hall–Kier alpha value is -2.11. The molecule has 0 unspecified atom stereocenters. The molecule has 27 heavy (non-hydrogen) atoms. The van der Waals surface area contributed by atoms with Crippen LogP contribution in [-0.2, 0) is 11.3 Å². The molecule has 0 bridgehead atoms. The van der Waals surface area contributed by atoms with Gasteiger partial charge in [-0.3, -0.25) is 4.79 Å². The van der Waals surface area contributed by atoms with Crippen molar-refractivity contribution in [1.29, 1.82) is 0 Å². The molecule has 6 heteroatoms. The molecule has 2 aromatic rings. The van der Waals surface area contributed by atoms with Gasteiger partial charge in [-0.15, -0.1) is 11.8 Å². The zero-order valence-corrected chi connectivity index (χ0v) is 17.6. The van der Waals surface area contributed by atoms with Gasteiger partial charge in [0.1, 0.15) is 0 Å². The molecular formula is C21H24ClNO3S. The summed E-state index contributed by atoms with van der Waals surface area (Å²) < 4.78 is 10.8.